The van der Waals surface area contributed by atoms with Gasteiger partial charge in [-0.05, 0) is 42.4 Å². The quantitative estimate of drug-likeness (QED) is 0.843. The Morgan fingerprint density at radius 3 is 2.62 bits per heavy atom. The van der Waals surface area contributed by atoms with E-state index in [2.05, 4.69) is 26.0 Å². The van der Waals surface area contributed by atoms with Gasteiger partial charge in [-0.1, -0.05) is 37.6 Å². The monoisotopic (exact) mass is 238 g/mol. The highest BCUT2D eigenvalue weighted by molar-refractivity contribution is 6.31. The Morgan fingerprint density at radius 2 is 2.12 bits per heavy atom. The Balaban J connectivity index is 2.15. The summed E-state index contributed by atoms with van der Waals surface area (Å²) >= 11 is 6.27. The van der Waals surface area contributed by atoms with Crippen LogP contribution in [0.15, 0.2) is 18.2 Å². The van der Waals surface area contributed by atoms with Gasteiger partial charge in [0.2, 0.25) is 0 Å². The summed E-state index contributed by atoms with van der Waals surface area (Å²) in [5.41, 5.74) is 1.94. The standard InChI is InChI=1S/C14H19ClO/c1-3-10(2)12-5-4-11(8-13(12)15)9-14(16)6-7-14/h4-5,8,10,16H,3,6-7,9H2,1-2H3. The van der Waals surface area contributed by atoms with Gasteiger partial charge in [-0.25, -0.2) is 0 Å². The van der Waals surface area contributed by atoms with Crippen LogP contribution in [-0.2, 0) is 6.42 Å². The number of rotatable bonds is 4. The van der Waals surface area contributed by atoms with Gasteiger partial charge in [0, 0.05) is 11.4 Å². The van der Waals surface area contributed by atoms with Gasteiger partial charge in [-0.2, -0.15) is 0 Å². The molecular weight excluding hydrogens is 220 g/mol. The van der Waals surface area contributed by atoms with Gasteiger partial charge in [-0.3, -0.25) is 0 Å². The highest BCUT2D eigenvalue weighted by Gasteiger charge is 2.40. The molecular formula is C14H19ClO. The molecule has 0 amide bonds. The second-order valence-corrected chi connectivity index (χ2v) is 5.47. The van der Waals surface area contributed by atoms with Crippen LogP contribution in [0.25, 0.3) is 0 Å². The Kier molecular flexibility index (Phi) is 3.27. The zero-order valence-electron chi connectivity index (χ0n) is 9.96. The van der Waals surface area contributed by atoms with Crippen molar-refractivity contribution in [3.63, 3.8) is 0 Å². The summed E-state index contributed by atoms with van der Waals surface area (Å²) in [6, 6.07) is 6.22. The zero-order valence-corrected chi connectivity index (χ0v) is 10.7. The zero-order chi connectivity index (χ0) is 11.8. The van der Waals surface area contributed by atoms with Crippen molar-refractivity contribution in [2.75, 3.05) is 0 Å². The fourth-order valence-electron chi connectivity index (χ4n) is 2.00. The third kappa shape index (κ3) is 2.58. The average Bonchev–Trinajstić information content (AvgIpc) is 2.95. The molecule has 0 saturated heterocycles. The van der Waals surface area contributed by atoms with Crippen LogP contribution < -0.4 is 0 Å². The van der Waals surface area contributed by atoms with Crippen molar-refractivity contribution in [1.82, 2.24) is 0 Å². The van der Waals surface area contributed by atoms with Crippen molar-refractivity contribution in [2.24, 2.45) is 0 Å². The third-order valence-corrected chi connectivity index (χ3v) is 3.90. The van der Waals surface area contributed by atoms with E-state index in [-0.39, 0.29) is 0 Å². The molecule has 1 aromatic carbocycles. The maximum atomic E-state index is 9.85. The SMILES string of the molecule is CCC(C)c1ccc(CC2(O)CC2)cc1Cl. The van der Waals surface area contributed by atoms with E-state index in [0.29, 0.717) is 5.92 Å². The molecule has 1 nitrogen and oxygen atoms in total. The largest absolute Gasteiger partial charge is 0.390 e. The molecule has 1 unspecified atom stereocenters. The first kappa shape index (κ1) is 11.9. The molecule has 1 aromatic rings. The van der Waals surface area contributed by atoms with Crippen molar-refractivity contribution in [3.8, 4) is 0 Å². The van der Waals surface area contributed by atoms with Crippen LogP contribution in [0.2, 0.25) is 5.02 Å². The first-order valence-electron chi connectivity index (χ1n) is 6.05. The summed E-state index contributed by atoms with van der Waals surface area (Å²) in [6.07, 6.45) is 3.70. The summed E-state index contributed by atoms with van der Waals surface area (Å²) in [5, 5.41) is 10.7. The Labute approximate surface area is 102 Å². The van der Waals surface area contributed by atoms with Crippen LogP contribution in [0, 0.1) is 0 Å². The second-order valence-electron chi connectivity index (χ2n) is 5.07. The fourth-order valence-corrected chi connectivity index (χ4v) is 2.39. The molecule has 0 aliphatic heterocycles. The maximum Gasteiger partial charge on any atom is 0.0690 e. The third-order valence-electron chi connectivity index (χ3n) is 3.57. The Hall–Kier alpha value is -0.530. The van der Waals surface area contributed by atoms with E-state index in [4.69, 9.17) is 11.6 Å². The maximum absolute atomic E-state index is 9.85. The summed E-state index contributed by atoms with van der Waals surface area (Å²) in [6.45, 7) is 4.36. The van der Waals surface area contributed by atoms with Crippen LogP contribution in [0.3, 0.4) is 0 Å². The summed E-state index contributed by atoms with van der Waals surface area (Å²) in [5.74, 6) is 0.505. The minimum absolute atomic E-state index is 0.429. The first-order valence-corrected chi connectivity index (χ1v) is 6.42. The lowest BCUT2D eigenvalue weighted by atomic mass is 9.96. The molecule has 2 heteroatoms. The summed E-state index contributed by atoms with van der Waals surface area (Å²) < 4.78 is 0. The van der Waals surface area contributed by atoms with E-state index in [0.717, 1.165) is 36.3 Å². The lowest BCUT2D eigenvalue weighted by Crippen LogP contribution is -2.10. The normalized spacial score (nSPS) is 19.5. The minimum Gasteiger partial charge on any atom is -0.390 e. The van der Waals surface area contributed by atoms with Crippen LogP contribution in [0.4, 0.5) is 0 Å². The fraction of sp³-hybridized carbons (Fsp3) is 0.571. The van der Waals surface area contributed by atoms with E-state index in [1.807, 2.05) is 6.07 Å². The van der Waals surface area contributed by atoms with Crippen molar-refractivity contribution >= 4 is 11.6 Å². The molecule has 1 fully saturated rings. The highest BCUT2D eigenvalue weighted by Crippen LogP contribution is 2.39. The van der Waals surface area contributed by atoms with Crippen LogP contribution in [0.1, 0.15) is 50.2 Å². The summed E-state index contributed by atoms with van der Waals surface area (Å²) in [4.78, 5) is 0. The Bertz CT molecular complexity index is 382. The topological polar surface area (TPSA) is 20.2 Å². The first-order chi connectivity index (χ1) is 7.54. The van der Waals surface area contributed by atoms with E-state index in [1.165, 1.54) is 5.56 Å². The molecule has 1 saturated carbocycles. The molecule has 1 aliphatic rings. The molecule has 0 aromatic heterocycles. The van der Waals surface area contributed by atoms with Crippen LogP contribution >= 0.6 is 11.6 Å². The predicted molar refractivity (Wildman–Crippen MR) is 68.0 cm³/mol. The molecule has 0 heterocycles. The molecule has 0 bridgehead atoms. The second kappa shape index (κ2) is 4.38. The van der Waals surface area contributed by atoms with E-state index in [9.17, 15) is 5.11 Å². The van der Waals surface area contributed by atoms with E-state index >= 15 is 0 Å². The lowest BCUT2D eigenvalue weighted by molar-refractivity contribution is 0.151. The van der Waals surface area contributed by atoms with Crippen LogP contribution in [-0.4, -0.2) is 10.7 Å². The van der Waals surface area contributed by atoms with E-state index < -0.39 is 5.60 Å². The number of halogens is 1. The smallest absolute Gasteiger partial charge is 0.0690 e. The molecule has 2 rings (SSSR count). The lowest BCUT2D eigenvalue weighted by Gasteiger charge is -2.14. The van der Waals surface area contributed by atoms with Gasteiger partial charge in [0.1, 0.15) is 0 Å². The predicted octanol–water partition coefficient (Wildman–Crippen LogP) is 3.92. The molecule has 1 aliphatic carbocycles. The van der Waals surface area contributed by atoms with Gasteiger partial charge >= 0.3 is 0 Å². The van der Waals surface area contributed by atoms with Crippen molar-refractivity contribution in [3.05, 3.63) is 34.3 Å². The van der Waals surface area contributed by atoms with Gasteiger partial charge in [0.05, 0.1) is 5.60 Å². The molecule has 1 atom stereocenters. The van der Waals surface area contributed by atoms with Gasteiger partial charge in [0.15, 0.2) is 0 Å². The molecule has 0 radical (unpaired) electrons. The molecule has 1 N–H and O–H groups in total. The van der Waals surface area contributed by atoms with E-state index in [1.54, 1.807) is 0 Å². The highest BCUT2D eigenvalue weighted by atomic mass is 35.5. The molecule has 16 heavy (non-hydrogen) atoms. The van der Waals surface area contributed by atoms with Crippen molar-refractivity contribution in [1.29, 1.82) is 0 Å². The summed E-state index contributed by atoms with van der Waals surface area (Å²) in [7, 11) is 0. The van der Waals surface area contributed by atoms with Gasteiger partial charge in [-0.15, -0.1) is 0 Å². The van der Waals surface area contributed by atoms with Gasteiger partial charge in [0.25, 0.3) is 0 Å². The number of aliphatic hydroxyl groups is 1. The van der Waals surface area contributed by atoms with Crippen LogP contribution in [0.5, 0.6) is 0 Å². The molecule has 0 spiro atoms. The number of hydrogen-bond donors (Lipinski definition) is 1. The number of benzene rings is 1. The average molecular weight is 239 g/mol. The minimum atomic E-state index is -0.429. The van der Waals surface area contributed by atoms with Crippen molar-refractivity contribution < 1.29 is 5.11 Å². The number of hydrogen-bond acceptors (Lipinski definition) is 1. The molecule has 88 valence electrons. The van der Waals surface area contributed by atoms with Gasteiger partial charge < -0.3 is 5.11 Å². The Morgan fingerprint density at radius 1 is 1.44 bits per heavy atom. The van der Waals surface area contributed by atoms with Crippen molar-refractivity contribution in [2.45, 2.75) is 51.0 Å².